The summed E-state index contributed by atoms with van der Waals surface area (Å²) in [5, 5.41) is 5.98. The highest BCUT2D eigenvalue weighted by Crippen LogP contribution is 2.41. The van der Waals surface area contributed by atoms with Crippen LogP contribution in [0.25, 0.3) is 43.8 Å². The maximum absolute atomic E-state index is 6.21. The zero-order valence-corrected chi connectivity index (χ0v) is 19.6. The van der Waals surface area contributed by atoms with Gasteiger partial charge in [0.15, 0.2) is 0 Å². The molecule has 0 aliphatic heterocycles. The Balaban J connectivity index is 1.45. The molecule has 1 aromatic heterocycles. The molecule has 36 heavy (non-hydrogen) atoms. The molecular formula is C34H23NO. The summed E-state index contributed by atoms with van der Waals surface area (Å²) in [6.45, 7) is 0. The van der Waals surface area contributed by atoms with Crippen LogP contribution in [-0.4, -0.2) is 0 Å². The molecule has 0 amide bonds. The number of nitrogens with zero attached hydrogens (tertiary/aromatic N) is 1. The number of rotatable bonds is 4. The smallest absolute Gasteiger partial charge is 0.135 e. The van der Waals surface area contributed by atoms with E-state index in [0.29, 0.717) is 0 Å². The fourth-order valence-corrected chi connectivity index (χ4v) is 5.07. The average molecular weight is 462 g/mol. The Labute approximate surface area is 209 Å². The van der Waals surface area contributed by atoms with E-state index in [-0.39, 0.29) is 0 Å². The zero-order valence-electron chi connectivity index (χ0n) is 19.6. The van der Waals surface area contributed by atoms with Crippen LogP contribution >= 0.6 is 0 Å². The summed E-state index contributed by atoms with van der Waals surface area (Å²) in [6, 6.07) is 49.1. The topological polar surface area (TPSA) is 16.4 Å². The van der Waals surface area contributed by atoms with Crippen LogP contribution in [0.4, 0.5) is 17.1 Å². The lowest BCUT2D eigenvalue weighted by molar-refractivity contribution is 0.631. The minimum absolute atomic E-state index is 0.870. The molecule has 0 saturated heterocycles. The molecule has 0 spiro atoms. The molecule has 0 radical (unpaired) electrons. The Morgan fingerprint density at radius 3 is 2.03 bits per heavy atom. The second-order valence-corrected chi connectivity index (χ2v) is 9.06. The molecule has 0 saturated carbocycles. The standard InChI is InChI=1S/C34H23NO/c1-2-11-26-21-30(20-19-24(26)9-1)35(32-17-8-13-25-10-3-5-16-31(25)32)29-15-7-14-27(22-29)34-23-28-12-4-6-18-33(28)36-34/h1-23H. The van der Waals surface area contributed by atoms with Gasteiger partial charge in [-0.2, -0.15) is 0 Å². The van der Waals surface area contributed by atoms with Gasteiger partial charge in [0.05, 0.1) is 5.69 Å². The van der Waals surface area contributed by atoms with Gasteiger partial charge in [0.2, 0.25) is 0 Å². The zero-order chi connectivity index (χ0) is 23.9. The molecule has 0 aliphatic carbocycles. The highest BCUT2D eigenvalue weighted by atomic mass is 16.3. The van der Waals surface area contributed by atoms with Crippen molar-refractivity contribution in [3.05, 3.63) is 140 Å². The maximum Gasteiger partial charge on any atom is 0.135 e. The average Bonchev–Trinajstić information content (AvgIpc) is 3.38. The summed E-state index contributed by atoms with van der Waals surface area (Å²) in [5.41, 5.74) is 5.30. The van der Waals surface area contributed by atoms with E-state index < -0.39 is 0 Å². The maximum atomic E-state index is 6.21. The van der Waals surface area contributed by atoms with Gasteiger partial charge in [0, 0.05) is 27.7 Å². The Kier molecular flexibility index (Phi) is 4.82. The lowest BCUT2D eigenvalue weighted by Gasteiger charge is -2.27. The summed E-state index contributed by atoms with van der Waals surface area (Å²) >= 11 is 0. The highest BCUT2D eigenvalue weighted by Gasteiger charge is 2.17. The first kappa shape index (κ1) is 20.5. The van der Waals surface area contributed by atoms with Gasteiger partial charge in [-0.3, -0.25) is 0 Å². The largest absolute Gasteiger partial charge is 0.456 e. The van der Waals surface area contributed by atoms with Gasteiger partial charge >= 0.3 is 0 Å². The first-order valence-electron chi connectivity index (χ1n) is 12.2. The van der Waals surface area contributed by atoms with Crippen molar-refractivity contribution in [3.63, 3.8) is 0 Å². The molecule has 1 heterocycles. The molecule has 0 aliphatic rings. The molecule has 7 rings (SSSR count). The highest BCUT2D eigenvalue weighted by molar-refractivity contribution is 6.00. The molecular weight excluding hydrogens is 438 g/mol. The minimum Gasteiger partial charge on any atom is -0.456 e. The molecule has 6 aromatic carbocycles. The van der Waals surface area contributed by atoms with E-state index in [4.69, 9.17) is 4.42 Å². The molecule has 0 bridgehead atoms. The molecule has 2 nitrogen and oxygen atoms in total. The van der Waals surface area contributed by atoms with E-state index in [1.807, 2.05) is 18.2 Å². The van der Waals surface area contributed by atoms with E-state index >= 15 is 0 Å². The number of benzene rings is 6. The fraction of sp³-hybridized carbons (Fsp3) is 0. The van der Waals surface area contributed by atoms with Gasteiger partial charge < -0.3 is 9.32 Å². The van der Waals surface area contributed by atoms with Crippen molar-refractivity contribution in [1.29, 1.82) is 0 Å². The van der Waals surface area contributed by atoms with Gasteiger partial charge in [-0.25, -0.2) is 0 Å². The van der Waals surface area contributed by atoms with E-state index in [2.05, 4.69) is 126 Å². The van der Waals surface area contributed by atoms with Crippen LogP contribution < -0.4 is 4.90 Å². The monoisotopic (exact) mass is 461 g/mol. The van der Waals surface area contributed by atoms with Crippen LogP contribution in [0.3, 0.4) is 0 Å². The number of anilines is 3. The lowest BCUT2D eigenvalue weighted by atomic mass is 10.0. The summed E-state index contributed by atoms with van der Waals surface area (Å²) in [7, 11) is 0. The van der Waals surface area contributed by atoms with E-state index in [1.54, 1.807) is 0 Å². The molecule has 0 N–H and O–H groups in total. The molecule has 0 atom stereocenters. The van der Waals surface area contributed by atoms with Crippen molar-refractivity contribution >= 4 is 49.6 Å². The molecule has 170 valence electrons. The third-order valence-corrected chi connectivity index (χ3v) is 6.81. The van der Waals surface area contributed by atoms with Gasteiger partial charge in [0.25, 0.3) is 0 Å². The van der Waals surface area contributed by atoms with Crippen molar-refractivity contribution in [1.82, 2.24) is 0 Å². The number of para-hydroxylation sites is 1. The minimum atomic E-state index is 0.870. The Bertz CT molecular complexity index is 1820. The lowest BCUT2D eigenvalue weighted by Crippen LogP contribution is -2.10. The second kappa shape index (κ2) is 8.44. The van der Waals surface area contributed by atoms with Gasteiger partial charge in [-0.1, -0.05) is 97.1 Å². The van der Waals surface area contributed by atoms with Crippen molar-refractivity contribution in [2.24, 2.45) is 0 Å². The number of fused-ring (bicyclic) bond motifs is 3. The predicted molar refractivity (Wildman–Crippen MR) is 151 cm³/mol. The normalized spacial score (nSPS) is 11.3. The summed E-state index contributed by atoms with van der Waals surface area (Å²) in [6.07, 6.45) is 0. The van der Waals surface area contributed by atoms with Gasteiger partial charge in [0.1, 0.15) is 11.3 Å². The fourth-order valence-electron chi connectivity index (χ4n) is 5.07. The number of hydrogen-bond acceptors (Lipinski definition) is 2. The Hall–Kier alpha value is -4.82. The molecule has 0 unspecified atom stereocenters. The third-order valence-electron chi connectivity index (χ3n) is 6.81. The van der Waals surface area contributed by atoms with Crippen LogP contribution in [0, 0.1) is 0 Å². The number of furan rings is 1. The second-order valence-electron chi connectivity index (χ2n) is 9.06. The van der Waals surface area contributed by atoms with Crippen LogP contribution in [0.1, 0.15) is 0 Å². The van der Waals surface area contributed by atoms with Crippen molar-refractivity contribution in [2.45, 2.75) is 0 Å². The Morgan fingerprint density at radius 1 is 0.444 bits per heavy atom. The first-order valence-corrected chi connectivity index (χ1v) is 12.2. The van der Waals surface area contributed by atoms with Gasteiger partial charge in [-0.05, 0) is 58.6 Å². The quantitative estimate of drug-likeness (QED) is 0.259. The Morgan fingerprint density at radius 2 is 1.14 bits per heavy atom. The molecule has 7 aromatic rings. The van der Waals surface area contributed by atoms with Crippen LogP contribution in [0.5, 0.6) is 0 Å². The summed E-state index contributed by atoms with van der Waals surface area (Å²) in [5.74, 6) is 0.870. The predicted octanol–water partition coefficient (Wildman–Crippen LogP) is 9.88. The van der Waals surface area contributed by atoms with Crippen molar-refractivity contribution < 1.29 is 4.42 Å². The molecule has 0 fully saturated rings. The SMILES string of the molecule is c1cc(-c2cc3ccccc3o2)cc(N(c2ccc3ccccc3c2)c2cccc3ccccc23)c1. The van der Waals surface area contributed by atoms with E-state index in [1.165, 1.54) is 21.5 Å². The van der Waals surface area contributed by atoms with E-state index in [9.17, 15) is 0 Å². The van der Waals surface area contributed by atoms with Crippen molar-refractivity contribution in [2.75, 3.05) is 4.90 Å². The summed E-state index contributed by atoms with van der Waals surface area (Å²) in [4.78, 5) is 2.35. The van der Waals surface area contributed by atoms with Gasteiger partial charge in [-0.15, -0.1) is 0 Å². The third kappa shape index (κ3) is 3.52. The van der Waals surface area contributed by atoms with Crippen LogP contribution in [0.15, 0.2) is 144 Å². The van der Waals surface area contributed by atoms with Crippen LogP contribution in [-0.2, 0) is 0 Å². The van der Waals surface area contributed by atoms with Crippen LogP contribution in [0.2, 0.25) is 0 Å². The molecule has 2 heteroatoms. The summed E-state index contributed by atoms with van der Waals surface area (Å²) < 4.78 is 6.21. The first-order chi connectivity index (χ1) is 17.8. The van der Waals surface area contributed by atoms with Crippen molar-refractivity contribution in [3.8, 4) is 11.3 Å². The van der Waals surface area contributed by atoms with E-state index in [0.717, 1.165) is 39.4 Å². The number of hydrogen-bond donors (Lipinski definition) is 0.